The first-order chi connectivity index (χ1) is 24.9. The van der Waals surface area contributed by atoms with Gasteiger partial charge >= 0.3 is 19.8 Å². The summed E-state index contributed by atoms with van der Waals surface area (Å²) in [5, 5.41) is 0. The van der Waals surface area contributed by atoms with Crippen LogP contribution in [0.5, 0.6) is 0 Å². The molecule has 0 heterocycles. The fraction of sp³-hybridized carbons (Fsp3) is 0.952. The molecule has 0 aromatic rings. The number of nitrogens with zero attached hydrogens (tertiary/aromatic N) is 1. The third-order valence-corrected chi connectivity index (χ3v) is 10.7. The Bertz CT molecular complexity index is 865. The second-order valence-electron chi connectivity index (χ2n) is 16.2. The summed E-state index contributed by atoms with van der Waals surface area (Å²) < 4.78 is 33.0. The Labute approximate surface area is 321 Å². The number of rotatable bonds is 40. The number of unbranched alkanes of at least 4 members (excludes halogenated alkanes) is 28. The van der Waals surface area contributed by atoms with E-state index >= 15 is 0 Å². The highest BCUT2D eigenvalue weighted by Gasteiger charge is 2.26. The van der Waals surface area contributed by atoms with Crippen LogP contribution in [0.2, 0.25) is 0 Å². The number of carbonyl (C=O) groups excluding carboxylic acids is 2. The fourth-order valence-electron chi connectivity index (χ4n) is 6.37. The molecule has 0 saturated carbocycles. The molecule has 52 heavy (non-hydrogen) atoms. The predicted molar refractivity (Wildman–Crippen MR) is 215 cm³/mol. The first-order valence-electron chi connectivity index (χ1n) is 21.7. The Morgan fingerprint density at radius 1 is 0.558 bits per heavy atom. The van der Waals surface area contributed by atoms with Gasteiger partial charge in [0.1, 0.15) is 19.8 Å². The molecule has 0 spiro atoms. The second kappa shape index (κ2) is 35.7. The Kier molecular flexibility index (Phi) is 35.0. The van der Waals surface area contributed by atoms with Gasteiger partial charge in [-0.1, -0.05) is 187 Å². The summed E-state index contributed by atoms with van der Waals surface area (Å²) in [4.78, 5) is 33.5. The molecule has 10 heteroatoms. The van der Waals surface area contributed by atoms with E-state index in [-0.39, 0.29) is 19.2 Å². The largest absolute Gasteiger partial charge is 0.472 e. The molecule has 0 aliphatic rings. The summed E-state index contributed by atoms with van der Waals surface area (Å²) in [5.41, 5.74) is 0. The van der Waals surface area contributed by atoms with Crippen molar-refractivity contribution in [2.24, 2.45) is 0 Å². The highest BCUT2D eigenvalue weighted by atomic mass is 31.2. The first-order valence-corrected chi connectivity index (χ1v) is 23.2. The smallest absolute Gasteiger partial charge is 0.462 e. The molecule has 1 unspecified atom stereocenters. The number of likely N-dealkylation sites (N-methyl/N-ethyl adjacent to an activating group) is 1. The molecule has 0 aliphatic carbocycles. The molecule has 310 valence electrons. The topological polar surface area (TPSA) is 108 Å². The number of phosphoric ester groups is 1. The van der Waals surface area contributed by atoms with Crippen molar-refractivity contribution in [2.45, 2.75) is 213 Å². The standard InChI is InChI=1S/C42H84NO8P/c1-6-7-8-9-10-11-12-13-14-15-16-17-18-19-20-21-22-23-24-25-26-27-28-29-30-31-32-33-34-35-42(45)48-38-41(51-40(2)44)39-50-52(46,47)49-37-36-43(3,4)5/h41H,6-39H2,1-5H3/p+1/t41-/m1/s1. The van der Waals surface area contributed by atoms with Crippen molar-refractivity contribution in [2.75, 3.05) is 47.5 Å². The highest BCUT2D eigenvalue weighted by molar-refractivity contribution is 7.47. The van der Waals surface area contributed by atoms with Crippen LogP contribution in [0.4, 0.5) is 0 Å². The van der Waals surface area contributed by atoms with Gasteiger partial charge in [-0.05, 0) is 6.42 Å². The molecular formula is C42H85NO8P+. The molecule has 0 amide bonds. The zero-order valence-corrected chi connectivity index (χ0v) is 35.7. The van der Waals surface area contributed by atoms with Crippen LogP contribution in [0.3, 0.4) is 0 Å². The lowest BCUT2D eigenvalue weighted by molar-refractivity contribution is -0.870. The summed E-state index contributed by atoms with van der Waals surface area (Å²) in [6.45, 7) is 3.40. The summed E-state index contributed by atoms with van der Waals surface area (Å²) in [6, 6.07) is 0. The van der Waals surface area contributed by atoms with Crippen LogP contribution in [0, 0.1) is 0 Å². The summed E-state index contributed by atoms with van der Waals surface area (Å²) in [5.74, 6) is -0.979. The van der Waals surface area contributed by atoms with E-state index in [2.05, 4.69) is 6.92 Å². The summed E-state index contributed by atoms with van der Waals surface area (Å²) >= 11 is 0. The number of hydrogen-bond acceptors (Lipinski definition) is 7. The lowest BCUT2D eigenvalue weighted by Gasteiger charge is -2.24. The van der Waals surface area contributed by atoms with E-state index in [4.69, 9.17) is 18.5 Å². The maximum Gasteiger partial charge on any atom is 0.472 e. The summed E-state index contributed by atoms with van der Waals surface area (Å²) in [6.07, 6.45) is 38.6. The van der Waals surface area contributed by atoms with E-state index in [1.807, 2.05) is 21.1 Å². The van der Waals surface area contributed by atoms with Gasteiger partial charge in [-0.25, -0.2) is 4.57 Å². The van der Waals surface area contributed by atoms with Gasteiger partial charge < -0.3 is 18.9 Å². The summed E-state index contributed by atoms with van der Waals surface area (Å²) in [7, 11) is 1.48. The van der Waals surface area contributed by atoms with Crippen LogP contribution in [-0.2, 0) is 32.7 Å². The van der Waals surface area contributed by atoms with Crippen LogP contribution >= 0.6 is 7.82 Å². The van der Waals surface area contributed by atoms with Gasteiger partial charge in [0.2, 0.25) is 0 Å². The lowest BCUT2D eigenvalue weighted by atomic mass is 10.0. The maximum atomic E-state index is 12.2. The van der Waals surface area contributed by atoms with Crippen molar-refractivity contribution >= 4 is 19.8 Å². The third kappa shape index (κ3) is 40.2. The van der Waals surface area contributed by atoms with E-state index < -0.39 is 26.5 Å². The number of quaternary nitrogens is 1. The number of hydrogen-bond donors (Lipinski definition) is 1. The number of esters is 2. The maximum absolute atomic E-state index is 12.2. The van der Waals surface area contributed by atoms with Crippen LogP contribution < -0.4 is 0 Å². The van der Waals surface area contributed by atoms with Crippen molar-refractivity contribution < 1.29 is 42.1 Å². The molecule has 0 saturated heterocycles. The van der Waals surface area contributed by atoms with E-state index in [1.165, 1.54) is 174 Å². The number of ether oxygens (including phenoxy) is 2. The third-order valence-electron chi connectivity index (χ3n) is 9.69. The van der Waals surface area contributed by atoms with E-state index in [9.17, 15) is 19.0 Å². The Morgan fingerprint density at radius 2 is 0.904 bits per heavy atom. The molecule has 9 nitrogen and oxygen atoms in total. The minimum absolute atomic E-state index is 0.0319. The number of phosphoric acid groups is 1. The van der Waals surface area contributed by atoms with E-state index in [0.29, 0.717) is 17.4 Å². The minimum Gasteiger partial charge on any atom is -0.462 e. The lowest BCUT2D eigenvalue weighted by Crippen LogP contribution is -2.37. The minimum atomic E-state index is -4.32. The van der Waals surface area contributed by atoms with Crippen molar-refractivity contribution in [3.8, 4) is 0 Å². The number of carbonyl (C=O) groups is 2. The molecule has 0 aliphatic heterocycles. The zero-order valence-electron chi connectivity index (χ0n) is 34.8. The highest BCUT2D eigenvalue weighted by Crippen LogP contribution is 2.43. The van der Waals surface area contributed by atoms with Gasteiger partial charge in [-0.2, -0.15) is 0 Å². The average molecular weight is 763 g/mol. The Hall–Kier alpha value is -0.990. The normalized spacial score (nSPS) is 13.6. The molecule has 0 radical (unpaired) electrons. The van der Waals surface area contributed by atoms with Gasteiger partial charge in [0, 0.05) is 13.3 Å². The van der Waals surface area contributed by atoms with E-state index in [0.717, 1.165) is 19.3 Å². The SMILES string of the molecule is CCCCCCCCCCCCCCCCCCCCCCCCCCCCCCCC(=O)OC[C@H](COP(=O)(O)OCC[N+](C)(C)C)OC(C)=O. The van der Waals surface area contributed by atoms with Crippen molar-refractivity contribution in [3.05, 3.63) is 0 Å². The van der Waals surface area contributed by atoms with Gasteiger partial charge in [-0.3, -0.25) is 18.6 Å². The Morgan fingerprint density at radius 3 is 1.23 bits per heavy atom. The van der Waals surface area contributed by atoms with Gasteiger partial charge in [0.05, 0.1) is 27.7 Å². The molecule has 2 atom stereocenters. The molecule has 0 aromatic heterocycles. The predicted octanol–water partition coefficient (Wildman–Crippen LogP) is 12.0. The van der Waals surface area contributed by atoms with Crippen LogP contribution in [-0.4, -0.2) is 74.9 Å². The molecule has 0 rings (SSSR count). The van der Waals surface area contributed by atoms with Gasteiger partial charge in [-0.15, -0.1) is 0 Å². The van der Waals surface area contributed by atoms with Gasteiger partial charge in [0.25, 0.3) is 0 Å². The second-order valence-corrected chi connectivity index (χ2v) is 17.6. The molecule has 1 N–H and O–H groups in total. The van der Waals surface area contributed by atoms with Crippen LogP contribution in [0.25, 0.3) is 0 Å². The molecule has 0 fully saturated rings. The van der Waals surface area contributed by atoms with Crippen molar-refractivity contribution in [3.63, 3.8) is 0 Å². The zero-order chi connectivity index (χ0) is 38.6. The van der Waals surface area contributed by atoms with Crippen LogP contribution in [0.15, 0.2) is 0 Å². The van der Waals surface area contributed by atoms with Crippen LogP contribution in [0.1, 0.15) is 206 Å². The first kappa shape index (κ1) is 51.0. The van der Waals surface area contributed by atoms with Crippen molar-refractivity contribution in [1.82, 2.24) is 0 Å². The van der Waals surface area contributed by atoms with Crippen molar-refractivity contribution in [1.29, 1.82) is 0 Å². The average Bonchev–Trinajstić information content (AvgIpc) is 3.08. The van der Waals surface area contributed by atoms with E-state index in [1.54, 1.807) is 0 Å². The monoisotopic (exact) mass is 763 g/mol. The molecule has 0 bridgehead atoms. The fourth-order valence-corrected chi connectivity index (χ4v) is 7.11. The molecular weight excluding hydrogens is 677 g/mol. The van der Waals surface area contributed by atoms with Gasteiger partial charge in [0.15, 0.2) is 6.10 Å². The molecule has 0 aromatic carbocycles. The Balaban J connectivity index is 3.52. The quantitative estimate of drug-likeness (QED) is 0.0284.